The molecule has 1 heterocycles. The second-order valence-electron chi connectivity index (χ2n) is 7.27. The van der Waals surface area contributed by atoms with Gasteiger partial charge in [-0.25, -0.2) is 9.97 Å². The van der Waals surface area contributed by atoms with Gasteiger partial charge in [0.2, 0.25) is 0 Å². The number of hydrogen-bond acceptors (Lipinski definition) is 6. The number of aromatic nitrogens is 2. The van der Waals surface area contributed by atoms with Gasteiger partial charge in [-0.05, 0) is 50.1 Å². The zero-order chi connectivity index (χ0) is 18.7. The van der Waals surface area contributed by atoms with Crippen molar-refractivity contribution in [2.24, 2.45) is 23.5 Å². The number of nitrogens with one attached hydrogen (secondary N) is 1. The first-order chi connectivity index (χ1) is 12.5. The van der Waals surface area contributed by atoms with Crippen LogP contribution in [0.25, 0.3) is 10.9 Å². The topological polar surface area (TPSA) is 82.3 Å². The molecule has 0 spiro atoms. The van der Waals surface area contributed by atoms with Crippen molar-refractivity contribution < 1.29 is 9.47 Å². The van der Waals surface area contributed by atoms with Crippen LogP contribution in [0.15, 0.2) is 30.7 Å². The Balaban J connectivity index is 1.81. The Morgan fingerprint density at radius 2 is 2.12 bits per heavy atom. The monoisotopic (exact) mass is 356 g/mol. The van der Waals surface area contributed by atoms with Gasteiger partial charge < -0.3 is 20.5 Å². The molecule has 140 valence electrons. The Labute approximate surface area is 154 Å². The summed E-state index contributed by atoms with van der Waals surface area (Å²) in [6.07, 6.45) is 3.82. The Kier molecular flexibility index (Phi) is 5.61. The molecular formula is C20H28N4O2. The van der Waals surface area contributed by atoms with Crippen molar-refractivity contribution >= 4 is 16.7 Å². The summed E-state index contributed by atoms with van der Waals surface area (Å²) in [7, 11) is 1.64. The van der Waals surface area contributed by atoms with Crippen LogP contribution in [0.4, 0.5) is 5.82 Å². The molecule has 1 aromatic heterocycles. The molecular weight excluding hydrogens is 328 g/mol. The predicted octanol–water partition coefficient (Wildman–Crippen LogP) is 3.58. The number of benzene rings is 1. The number of methoxy groups -OCH3 is 1. The quantitative estimate of drug-likeness (QED) is 0.789. The van der Waals surface area contributed by atoms with Crippen LogP contribution in [0.3, 0.4) is 0 Å². The molecule has 3 N–H and O–H groups in total. The van der Waals surface area contributed by atoms with E-state index in [9.17, 15) is 0 Å². The van der Waals surface area contributed by atoms with E-state index < -0.39 is 0 Å². The molecule has 2 unspecified atom stereocenters. The minimum absolute atomic E-state index is 0.532. The number of ether oxygens (including phenoxy) is 2. The number of nitrogens with zero attached hydrogens (tertiary/aromatic N) is 2. The van der Waals surface area contributed by atoms with E-state index in [1.807, 2.05) is 19.1 Å². The molecule has 0 radical (unpaired) electrons. The summed E-state index contributed by atoms with van der Waals surface area (Å²) in [6.45, 7) is 9.47. The molecule has 1 saturated carbocycles. The van der Waals surface area contributed by atoms with E-state index in [1.54, 1.807) is 7.11 Å². The van der Waals surface area contributed by atoms with Crippen molar-refractivity contribution in [2.75, 3.05) is 25.6 Å². The van der Waals surface area contributed by atoms with Crippen molar-refractivity contribution in [1.82, 2.24) is 9.97 Å². The molecule has 2 aromatic rings. The van der Waals surface area contributed by atoms with Gasteiger partial charge in [-0.15, -0.1) is 0 Å². The first kappa shape index (κ1) is 18.5. The van der Waals surface area contributed by atoms with Crippen LogP contribution in [-0.2, 0) is 0 Å². The lowest BCUT2D eigenvalue weighted by Gasteiger charge is -2.16. The fourth-order valence-corrected chi connectivity index (χ4v) is 3.79. The van der Waals surface area contributed by atoms with Crippen LogP contribution >= 0.6 is 0 Å². The normalized spacial score (nSPS) is 22.4. The van der Waals surface area contributed by atoms with Gasteiger partial charge in [0.15, 0.2) is 11.5 Å². The van der Waals surface area contributed by atoms with Gasteiger partial charge in [0.1, 0.15) is 12.1 Å². The molecule has 0 aliphatic heterocycles. The number of hydrogen-bond donors (Lipinski definition) is 2. The second kappa shape index (κ2) is 7.91. The van der Waals surface area contributed by atoms with Gasteiger partial charge in [-0.3, -0.25) is 0 Å². The number of fused-ring (bicyclic) bond motifs is 1. The van der Waals surface area contributed by atoms with E-state index in [2.05, 4.69) is 28.8 Å². The van der Waals surface area contributed by atoms with Crippen molar-refractivity contribution in [3.63, 3.8) is 0 Å². The van der Waals surface area contributed by atoms with Crippen LogP contribution in [0.2, 0.25) is 0 Å². The molecule has 0 bridgehead atoms. The maximum absolute atomic E-state index is 6.12. The number of rotatable bonds is 7. The van der Waals surface area contributed by atoms with Crippen LogP contribution in [0.1, 0.15) is 26.7 Å². The number of nitrogens with two attached hydrogens (primary N) is 1. The number of anilines is 1. The largest absolute Gasteiger partial charge is 0.493 e. The highest BCUT2D eigenvalue weighted by Gasteiger charge is 2.30. The Bertz CT molecular complexity index is 793. The molecule has 3 atom stereocenters. The molecule has 6 nitrogen and oxygen atoms in total. The van der Waals surface area contributed by atoms with E-state index >= 15 is 0 Å². The highest BCUT2D eigenvalue weighted by molar-refractivity contribution is 5.92. The molecule has 0 amide bonds. The van der Waals surface area contributed by atoms with Crippen LogP contribution in [-0.4, -0.2) is 30.2 Å². The minimum Gasteiger partial charge on any atom is -0.493 e. The lowest BCUT2D eigenvalue weighted by molar-refractivity contribution is 0.237. The molecule has 6 heteroatoms. The summed E-state index contributed by atoms with van der Waals surface area (Å²) >= 11 is 0. The van der Waals surface area contributed by atoms with Gasteiger partial charge in [0.05, 0.1) is 19.2 Å². The Morgan fingerprint density at radius 1 is 1.31 bits per heavy atom. The van der Waals surface area contributed by atoms with Gasteiger partial charge in [-0.2, -0.15) is 0 Å². The second-order valence-corrected chi connectivity index (χ2v) is 7.27. The molecule has 0 saturated heterocycles. The standard InChI is InChI=1S/C20H28N4O2/c1-12(2)24-20-16-7-18(25-4)19(8-17(16)22-11-23-20)26-10-14-5-13(3)15(6-14)9-21/h7-8,11,13-15H,1,5-6,9-10,21H2,2-4H3,(H,22,23,24)/t13-,14?,15?/m1/s1. The van der Waals surface area contributed by atoms with E-state index in [0.717, 1.165) is 36.0 Å². The van der Waals surface area contributed by atoms with Gasteiger partial charge in [0, 0.05) is 17.1 Å². The fourth-order valence-electron chi connectivity index (χ4n) is 3.79. The predicted molar refractivity (Wildman–Crippen MR) is 104 cm³/mol. The maximum atomic E-state index is 6.12. The maximum Gasteiger partial charge on any atom is 0.163 e. The van der Waals surface area contributed by atoms with Crippen molar-refractivity contribution in [2.45, 2.75) is 26.7 Å². The lowest BCUT2D eigenvalue weighted by Crippen LogP contribution is -2.16. The summed E-state index contributed by atoms with van der Waals surface area (Å²) in [5.41, 5.74) is 7.48. The van der Waals surface area contributed by atoms with Gasteiger partial charge >= 0.3 is 0 Å². The van der Waals surface area contributed by atoms with E-state index in [0.29, 0.717) is 41.7 Å². The first-order valence-corrected chi connectivity index (χ1v) is 9.10. The third kappa shape index (κ3) is 3.90. The average molecular weight is 356 g/mol. The molecule has 1 aromatic carbocycles. The molecule has 1 aliphatic rings. The SMILES string of the molecule is C=C(C)Nc1ncnc2cc(OCC3CC(CN)[C@H](C)C3)c(OC)cc12. The molecule has 1 fully saturated rings. The highest BCUT2D eigenvalue weighted by Crippen LogP contribution is 2.38. The van der Waals surface area contributed by atoms with Crippen molar-refractivity contribution in [1.29, 1.82) is 0 Å². The van der Waals surface area contributed by atoms with E-state index in [1.165, 1.54) is 6.33 Å². The average Bonchev–Trinajstić information content (AvgIpc) is 2.98. The first-order valence-electron chi connectivity index (χ1n) is 9.10. The zero-order valence-corrected chi connectivity index (χ0v) is 15.8. The summed E-state index contributed by atoms with van der Waals surface area (Å²) < 4.78 is 11.7. The van der Waals surface area contributed by atoms with Gasteiger partial charge in [0.25, 0.3) is 0 Å². The van der Waals surface area contributed by atoms with Crippen molar-refractivity contribution in [3.8, 4) is 11.5 Å². The minimum atomic E-state index is 0.532. The third-order valence-corrected chi connectivity index (χ3v) is 5.18. The summed E-state index contributed by atoms with van der Waals surface area (Å²) in [5.74, 6) is 3.90. The Hall–Kier alpha value is -2.34. The summed E-state index contributed by atoms with van der Waals surface area (Å²) in [5, 5.41) is 4.03. The smallest absolute Gasteiger partial charge is 0.163 e. The summed E-state index contributed by atoms with van der Waals surface area (Å²) in [4.78, 5) is 8.67. The highest BCUT2D eigenvalue weighted by atomic mass is 16.5. The van der Waals surface area contributed by atoms with Crippen molar-refractivity contribution in [3.05, 3.63) is 30.7 Å². The zero-order valence-electron chi connectivity index (χ0n) is 15.8. The molecule has 1 aliphatic carbocycles. The lowest BCUT2D eigenvalue weighted by atomic mass is 9.99. The summed E-state index contributed by atoms with van der Waals surface area (Å²) in [6, 6.07) is 3.83. The van der Waals surface area contributed by atoms with E-state index in [4.69, 9.17) is 15.2 Å². The fraction of sp³-hybridized carbons (Fsp3) is 0.500. The van der Waals surface area contributed by atoms with Crippen LogP contribution in [0, 0.1) is 17.8 Å². The molecule has 26 heavy (non-hydrogen) atoms. The van der Waals surface area contributed by atoms with E-state index in [-0.39, 0.29) is 0 Å². The third-order valence-electron chi connectivity index (χ3n) is 5.18. The van der Waals surface area contributed by atoms with Gasteiger partial charge in [-0.1, -0.05) is 13.5 Å². The van der Waals surface area contributed by atoms with Crippen LogP contribution < -0.4 is 20.5 Å². The van der Waals surface area contributed by atoms with Crippen LogP contribution in [0.5, 0.6) is 11.5 Å². The Morgan fingerprint density at radius 3 is 2.77 bits per heavy atom. The number of allylic oxidation sites excluding steroid dienone is 1. The molecule has 3 rings (SSSR count).